The summed E-state index contributed by atoms with van der Waals surface area (Å²) in [6.07, 6.45) is 0.835. The van der Waals surface area contributed by atoms with Gasteiger partial charge in [0.05, 0.1) is 6.61 Å². The van der Waals surface area contributed by atoms with E-state index in [0.717, 1.165) is 35.8 Å². The minimum Gasteiger partial charge on any atom is -0.384 e. The van der Waals surface area contributed by atoms with Crippen molar-refractivity contribution in [2.45, 2.75) is 20.3 Å². The Morgan fingerprint density at radius 1 is 1.50 bits per heavy atom. The first-order valence-corrected chi connectivity index (χ1v) is 6.21. The van der Waals surface area contributed by atoms with Gasteiger partial charge in [0, 0.05) is 26.1 Å². The lowest BCUT2D eigenvalue weighted by Crippen LogP contribution is -2.16. The molecule has 1 unspecified atom stereocenters. The van der Waals surface area contributed by atoms with E-state index < -0.39 is 0 Å². The highest BCUT2D eigenvalue weighted by Gasteiger charge is 2.04. The molecule has 0 saturated heterocycles. The highest BCUT2D eigenvalue weighted by molar-refractivity contribution is 9.10. The summed E-state index contributed by atoms with van der Waals surface area (Å²) in [5.74, 6) is 2.17. The summed E-state index contributed by atoms with van der Waals surface area (Å²) in [7, 11) is 1.72. The summed E-state index contributed by atoms with van der Waals surface area (Å²) in [6, 6.07) is 1.89. The van der Waals surface area contributed by atoms with Crippen LogP contribution in [0.3, 0.4) is 0 Å². The van der Waals surface area contributed by atoms with Crippen LogP contribution in [0.4, 0.5) is 5.82 Å². The zero-order valence-corrected chi connectivity index (χ0v) is 11.5. The second-order valence-corrected chi connectivity index (χ2v) is 4.60. The Kier molecular flexibility index (Phi) is 5.69. The highest BCUT2D eigenvalue weighted by Crippen LogP contribution is 2.13. The number of methoxy groups -OCH3 is 1. The third kappa shape index (κ3) is 4.45. The van der Waals surface area contributed by atoms with Crippen LogP contribution >= 0.6 is 15.9 Å². The number of ether oxygens (including phenoxy) is 1. The van der Waals surface area contributed by atoms with Gasteiger partial charge < -0.3 is 10.1 Å². The molecule has 0 amide bonds. The SMILES string of the molecule is CCc1nc(Br)cc(NCC(C)COC)n1. The minimum atomic E-state index is 0.462. The van der Waals surface area contributed by atoms with Gasteiger partial charge in [0.15, 0.2) is 0 Å². The fourth-order valence-electron chi connectivity index (χ4n) is 1.34. The first-order valence-electron chi connectivity index (χ1n) is 5.42. The number of halogens is 1. The predicted octanol–water partition coefficient (Wildman–Crippen LogP) is 2.50. The molecule has 0 radical (unpaired) electrons. The molecule has 0 bridgehead atoms. The molecule has 1 aromatic heterocycles. The smallest absolute Gasteiger partial charge is 0.131 e. The fraction of sp³-hybridized carbons (Fsp3) is 0.636. The van der Waals surface area contributed by atoms with E-state index in [2.05, 4.69) is 38.1 Å². The molecule has 0 aliphatic carbocycles. The van der Waals surface area contributed by atoms with Crippen molar-refractivity contribution in [2.24, 2.45) is 5.92 Å². The number of nitrogens with one attached hydrogen (secondary N) is 1. The molecular formula is C11H18BrN3O. The van der Waals surface area contributed by atoms with Crippen molar-refractivity contribution < 1.29 is 4.74 Å². The fourth-order valence-corrected chi connectivity index (χ4v) is 1.76. The predicted molar refractivity (Wildman–Crippen MR) is 68.6 cm³/mol. The Morgan fingerprint density at radius 3 is 2.88 bits per heavy atom. The number of rotatable bonds is 6. The summed E-state index contributed by atoms with van der Waals surface area (Å²) in [5, 5.41) is 3.28. The van der Waals surface area contributed by atoms with Crippen LogP contribution in [0.5, 0.6) is 0 Å². The van der Waals surface area contributed by atoms with E-state index in [4.69, 9.17) is 4.74 Å². The maximum absolute atomic E-state index is 5.08. The number of hydrogen-bond acceptors (Lipinski definition) is 4. The third-order valence-corrected chi connectivity index (χ3v) is 2.55. The van der Waals surface area contributed by atoms with Crippen LogP contribution in [0.2, 0.25) is 0 Å². The normalized spacial score (nSPS) is 12.5. The average molecular weight is 288 g/mol. The maximum atomic E-state index is 5.08. The maximum Gasteiger partial charge on any atom is 0.131 e. The van der Waals surface area contributed by atoms with Crippen LogP contribution < -0.4 is 5.32 Å². The molecule has 0 spiro atoms. The minimum absolute atomic E-state index is 0.462. The molecule has 1 rings (SSSR count). The Hall–Kier alpha value is -0.680. The molecule has 1 heterocycles. The second-order valence-electron chi connectivity index (χ2n) is 3.79. The van der Waals surface area contributed by atoms with Crippen LogP contribution in [0.25, 0.3) is 0 Å². The molecule has 0 aliphatic rings. The Morgan fingerprint density at radius 2 is 2.25 bits per heavy atom. The van der Waals surface area contributed by atoms with Crippen molar-refractivity contribution in [3.63, 3.8) is 0 Å². The molecule has 16 heavy (non-hydrogen) atoms. The molecule has 90 valence electrons. The van der Waals surface area contributed by atoms with Gasteiger partial charge in [-0.2, -0.15) is 0 Å². The van der Waals surface area contributed by atoms with Gasteiger partial charge in [0.25, 0.3) is 0 Å². The van der Waals surface area contributed by atoms with Gasteiger partial charge in [-0.1, -0.05) is 13.8 Å². The number of nitrogens with zero attached hydrogens (tertiary/aromatic N) is 2. The van der Waals surface area contributed by atoms with Crippen molar-refractivity contribution >= 4 is 21.7 Å². The number of aryl methyl sites for hydroxylation is 1. The van der Waals surface area contributed by atoms with Crippen molar-refractivity contribution in [2.75, 3.05) is 25.6 Å². The summed E-state index contributed by atoms with van der Waals surface area (Å²) in [5.41, 5.74) is 0. The molecule has 4 nitrogen and oxygen atoms in total. The first kappa shape index (κ1) is 13.4. The zero-order valence-electron chi connectivity index (χ0n) is 9.96. The monoisotopic (exact) mass is 287 g/mol. The lowest BCUT2D eigenvalue weighted by molar-refractivity contribution is 0.164. The van der Waals surface area contributed by atoms with Crippen molar-refractivity contribution in [1.29, 1.82) is 0 Å². The lowest BCUT2D eigenvalue weighted by atomic mass is 10.2. The molecular weight excluding hydrogens is 270 g/mol. The zero-order chi connectivity index (χ0) is 12.0. The summed E-state index contributed by atoms with van der Waals surface area (Å²) >= 11 is 3.38. The van der Waals surface area contributed by atoms with Crippen LogP contribution in [-0.2, 0) is 11.2 Å². The van der Waals surface area contributed by atoms with Crippen molar-refractivity contribution in [1.82, 2.24) is 9.97 Å². The van der Waals surface area contributed by atoms with Crippen LogP contribution in [-0.4, -0.2) is 30.2 Å². The Bertz CT molecular complexity index is 333. The molecule has 5 heteroatoms. The Labute approximate surface area is 105 Å². The molecule has 0 aliphatic heterocycles. The van der Waals surface area contributed by atoms with Gasteiger partial charge in [-0.15, -0.1) is 0 Å². The molecule has 1 N–H and O–H groups in total. The summed E-state index contributed by atoms with van der Waals surface area (Å²) < 4.78 is 5.90. The summed E-state index contributed by atoms with van der Waals surface area (Å²) in [6.45, 7) is 5.77. The first-order chi connectivity index (χ1) is 7.65. The highest BCUT2D eigenvalue weighted by atomic mass is 79.9. The lowest BCUT2D eigenvalue weighted by Gasteiger charge is -2.12. The van der Waals surface area contributed by atoms with Crippen LogP contribution in [0.15, 0.2) is 10.7 Å². The van der Waals surface area contributed by atoms with Crippen LogP contribution in [0, 0.1) is 5.92 Å². The van der Waals surface area contributed by atoms with E-state index in [-0.39, 0.29) is 0 Å². The van der Waals surface area contributed by atoms with E-state index in [9.17, 15) is 0 Å². The molecule has 1 atom stereocenters. The van der Waals surface area contributed by atoms with Crippen molar-refractivity contribution in [3.8, 4) is 0 Å². The van der Waals surface area contributed by atoms with Gasteiger partial charge >= 0.3 is 0 Å². The van der Waals surface area contributed by atoms with Crippen molar-refractivity contribution in [3.05, 3.63) is 16.5 Å². The molecule has 0 saturated carbocycles. The van der Waals surface area contributed by atoms with Gasteiger partial charge in [-0.3, -0.25) is 0 Å². The van der Waals surface area contributed by atoms with E-state index in [1.165, 1.54) is 0 Å². The molecule has 0 aromatic carbocycles. The van der Waals surface area contributed by atoms with Gasteiger partial charge in [0.2, 0.25) is 0 Å². The van der Waals surface area contributed by atoms with Crippen LogP contribution in [0.1, 0.15) is 19.7 Å². The van der Waals surface area contributed by atoms with Gasteiger partial charge in [-0.25, -0.2) is 9.97 Å². The van der Waals surface area contributed by atoms with Gasteiger partial charge in [-0.05, 0) is 21.8 Å². The van der Waals surface area contributed by atoms with E-state index in [1.54, 1.807) is 7.11 Å². The average Bonchev–Trinajstić information content (AvgIpc) is 2.26. The topological polar surface area (TPSA) is 47.0 Å². The number of aromatic nitrogens is 2. The quantitative estimate of drug-likeness (QED) is 0.817. The third-order valence-electron chi connectivity index (χ3n) is 2.14. The largest absolute Gasteiger partial charge is 0.384 e. The summed E-state index contributed by atoms with van der Waals surface area (Å²) in [4.78, 5) is 8.65. The van der Waals surface area contributed by atoms with E-state index >= 15 is 0 Å². The number of anilines is 1. The van der Waals surface area contributed by atoms with E-state index in [0.29, 0.717) is 5.92 Å². The molecule has 0 fully saturated rings. The standard InChI is InChI=1S/C11H18BrN3O/c1-4-10-14-9(12)5-11(15-10)13-6-8(2)7-16-3/h5,8H,4,6-7H2,1-3H3,(H,13,14,15). The second kappa shape index (κ2) is 6.81. The number of hydrogen-bond donors (Lipinski definition) is 1. The molecule has 1 aromatic rings. The van der Waals surface area contributed by atoms with E-state index in [1.807, 2.05) is 13.0 Å². The Balaban J connectivity index is 2.56. The van der Waals surface area contributed by atoms with Gasteiger partial charge in [0.1, 0.15) is 16.2 Å².